The minimum absolute atomic E-state index is 0.0296. The number of aliphatic hydroxyl groups is 1. The zero-order chi connectivity index (χ0) is 14.5. The van der Waals surface area contributed by atoms with Crippen LogP contribution in [-0.2, 0) is 11.8 Å². The number of aromatic nitrogens is 2. The molecular weight excluding hydrogens is 254 g/mol. The molecule has 108 valence electrons. The molecule has 1 aromatic heterocycles. The van der Waals surface area contributed by atoms with Crippen molar-refractivity contribution in [3.8, 4) is 0 Å². The van der Waals surface area contributed by atoms with Gasteiger partial charge in [0, 0.05) is 24.4 Å². The summed E-state index contributed by atoms with van der Waals surface area (Å²) in [7, 11) is 1.90. The molecule has 1 amide bonds. The first-order chi connectivity index (χ1) is 9.40. The zero-order valence-corrected chi connectivity index (χ0v) is 12.3. The number of β-amino-alcohol motifs (C(OH)–C–C–N with tert-alkyl or cyclic N) is 1. The summed E-state index contributed by atoms with van der Waals surface area (Å²) in [5.41, 5.74) is 2.36. The first-order valence-electron chi connectivity index (χ1n) is 7.10. The number of likely N-dealkylation sites (tertiary alicyclic amines) is 1. The predicted octanol–water partition coefficient (Wildman–Crippen LogP) is 1.03. The molecule has 0 unspecified atom stereocenters. The Morgan fingerprint density at radius 2 is 2.05 bits per heavy atom. The Bertz CT molecular complexity index is 578. The summed E-state index contributed by atoms with van der Waals surface area (Å²) in [6.07, 6.45) is 5.61. The maximum Gasteiger partial charge on any atom is 0.246 e. The van der Waals surface area contributed by atoms with Crippen LogP contribution in [0.25, 0.3) is 6.08 Å². The van der Waals surface area contributed by atoms with Crippen molar-refractivity contribution >= 4 is 12.0 Å². The highest BCUT2D eigenvalue weighted by atomic mass is 16.3. The van der Waals surface area contributed by atoms with E-state index in [4.69, 9.17) is 0 Å². The minimum atomic E-state index is -0.608. The molecule has 1 saturated heterocycles. The molecule has 0 atom stereocenters. The van der Waals surface area contributed by atoms with E-state index < -0.39 is 5.60 Å². The van der Waals surface area contributed by atoms with E-state index >= 15 is 0 Å². The maximum atomic E-state index is 12.1. The summed E-state index contributed by atoms with van der Waals surface area (Å²) in [6.45, 7) is 4.88. The van der Waals surface area contributed by atoms with Crippen LogP contribution in [0.15, 0.2) is 6.08 Å². The van der Waals surface area contributed by atoms with Gasteiger partial charge in [0.1, 0.15) is 5.60 Å². The van der Waals surface area contributed by atoms with Crippen molar-refractivity contribution in [2.75, 3.05) is 13.1 Å². The molecule has 5 heteroatoms. The standard InChI is InChI=1S/C15H21N3O2/c1-10-13(11(2)17(3)16-10)6-7-14(19)18-8-15(20,9-18)12-4-5-12/h6-7,12,20H,4-5,8-9H2,1-3H3. The maximum absolute atomic E-state index is 12.1. The first kappa shape index (κ1) is 13.4. The molecule has 5 nitrogen and oxygen atoms in total. The van der Waals surface area contributed by atoms with E-state index in [1.54, 1.807) is 11.0 Å². The molecule has 1 aliphatic carbocycles. The summed E-state index contributed by atoms with van der Waals surface area (Å²) < 4.78 is 1.81. The molecule has 0 aromatic carbocycles. The monoisotopic (exact) mass is 275 g/mol. The van der Waals surface area contributed by atoms with Gasteiger partial charge >= 0.3 is 0 Å². The lowest BCUT2D eigenvalue weighted by atomic mass is 9.88. The fraction of sp³-hybridized carbons (Fsp3) is 0.600. The van der Waals surface area contributed by atoms with Gasteiger partial charge in [-0.25, -0.2) is 0 Å². The number of rotatable bonds is 3. The van der Waals surface area contributed by atoms with E-state index in [2.05, 4.69) is 5.10 Å². The molecule has 0 spiro atoms. The van der Waals surface area contributed by atoms with Crippen molar-refractivity contribution < 1.29 is 9.90 Å². The van der Waals surface area contributed by atoms with Crippen LogP contribution < -0.4 is 0 Å². The summed E-state index contributed by atoms with van der Waals surface area (Å²) >= 11 is 0. The van der Waals surface area contributed by atoms with Gasteiger partial charge in [0.15, 0.2) is 0 Å². The summed E-state index contributed by atoms with van der Waals surface area (Å²) in [5, 5.41) is 14.5. The lowest BCUT2D eigenvalue weighted by molar-refractivity contribution is -0.154. The fourth-order valence-electron chi connectivity index (χ4n) is 2.94. The van der Waals surface area contributed by atoms with E-state index in [0.717, 1.165) is 29.8 Å². The lowest BCUT2D eigenvalue weighted by Gasteiger charge is -2.46. The molecule has 20 heavy (non-hydrogen) atoms. The van der Waals surface area contributed by atoms with Gasteiger partial charge in [0.2, 0.25) is 5.91 Å². The second-order valence-corrected chi connectivity index (χ2v) is 6.11. The number of nitrogens with zero attached hydrogens (tertiary/aromatic N) is 3. The molecule has 1 aromatic rings. The third-order valence-electron chi connectivity index (χ3n) is 4.54. The van der Waals surface area contributed by atoms with Gasteiger partial charge in [-0.05, 0) is 38.7 Å². The Kier molecular flexibility index (Phi) is 2.97. The molecule has 2 fully saturated rings. The molecule has 0 bridgehead atoms. The van der Waals surface area contributed by atoms with Crippen molar-refractivity contribution in [3.05, 3.63) is 23.0 Å². The average Bonchev–Trinajstić information content (AvgIpc) is 3.15. The third-order valence-corrected chi connectivity index (χ3v) is 4.54. The zero-order valence-electron chi connectivity index (χ0n) is 12.3. The summed E-state index contributed by atoms with van der Waals surface area (Å²) in [4.78, 5) is 13.8. The van der Waals surface area contributed by atoms with Gasteiger partial charge in [-0.1, -0.05) is 0 Å². The predicted molar refractivity (Wildman–Crippen MR) is 76.0 cm³/mol. The van der Waals surface area contributed by atoms with Crippen LogP contribution in [0.5, 0.6) is 0 Å². The number of carbonyl (C=O) groups excluding carboxylic acids is 1. The Balaban J connectivity index is 1.63. The highest BCUT2D eigenvalue weighted by Gasteiger charge is 2.52. The Labute approximate surface area is 118 Å². The minimum Gasteiger partial charge on any atom is -0.386 e. The molecular formula is C15H21N3O2. The summed E-state index contributed by atoms with van der Waals surface area (Å²) in [6, 6.07) is 0. The third kappa shape index (κ3) is 2.16. The van der Waals surface area contributed by atoms with E-state index in [-0.39, 0.29) is 5.91 Å². The molecule has 1 N–H and O–H groups in total. The van der Waals surface area contributed by atoms with Crippen LogP contribution in [-0.4, -0.2) is 44.4 Å². The number of hydrogen-bond acceptors (Lipinski definition) is 3. The van der Waals surface area contributed by atoms with Crippen LogP contribution in [0.4, 0.5) is 0 Å². The van der Waals surface area contributed by atoms with Crippen LogP contribution in [0, 0.1) is 19.8 Å². The van der Waals surface area contributed by atoms with Crippen LogP contribution in [0.1, 0.15) is 29.8 Å². The molecule has 1 saturated carbocycles. The second-order valence-electron chi connectivity index (χ2n) is 6.11. The molecule has 3 rings (SSSR count). The largest absolute Gasteiger partial charge is 0.386 e. The second kappa shape index (κ2) is 4.45. The lowest BCUT2D eigenvalue weighted by Crippen LogP contribution is -2.64. The van der Waals surface area contributed by atoms with Gasteiger partial charge in [-0.15, -0.1) is 0 Å². The topological polar surface area (TPSA) is 58.4 Å². The number of amides is 1. The van der Waals surface area contributed by atoms with E-state index in [9.17, 15) is 9.90 Å². The Morgan fingerprint density at radius 3 is 2.55 bits per heavy atom. The quantitative estimate of drug-likeness (QED) is 0.838. The molecule has 0 radical (unpaired) electrons. The van der Waals surface area contributed by atoms with Crippen molar-refractivity contribution in [1.82, 2.24) is 14.7 Å². The highest BCUT2D eigenvalue weighted by molar-refractivity contribution is 5.92. The van der Waals surface area contributed by atoms with Crippen LogP contribution in [0.2, 0.25) is 0 Å². The van der Waals surface area contributed by atoms with Crippen molar-refractivity contribution in [2.24, 2.45) is 13.0 Å². The normalized spacial score (nSPS) is 21.3. The smallest absolute Gasteiger partial charge is 0.246 e. The Hall–Kier alpha value is -1.62. The van der Waals surface area contributed by atoms with Gasteiger partial charge in [-0.2, -0.15) is 5.10 Å². The number of carbonyl (C=O) groups is 1. The van der Waals surface area contributed by atoms with Gasteiger partial charge in [0.05, 0.1) is 18.8 Å². The average molecular weight is 275 g/mol. The number of hydrogen-bond donors (Lipinski definition) is 1. The molecule has 2 aliphatic rings. The molecule has 2 heterocycles. The Morgan fingerprint density at radius 1 is 1.40 bits per heavy atom. The van der Waals surface area contributed by atoms with E-state index in [0.29, 0.717) is 19.0 Å². The number of aryl methyl sites for hydroxylation is 2. The highest BCUT2D eigenvalue weighted by Crippen LogP contribution is 2.44. The van der Waals surface area contributed by atoms with Gasteiger partial charge in [0.25, 0.3) is 0 Å². The van der Waals surface area contributed by atoms with Crippen molar-refractivity contribution in [1.29, 1.82) is 0 Å². The molecule has 1 aliphatic heterocycles. The SMILES string of the molecule is Cc1nn(C)c(C)c1C=CC(=O)N1CC(O)(C2CC2)C1. The van der Waals surface area contributed by atoms with Crippen molar-refractivity contribution in [3.63, 3.8) is 0 Å². The van der Waals surface area contributed by atoms with E-state index in [1.165, 1.54) is 0 Å². The fourth-order valence-corrected chi connectivity index (χ4v) is 2.94. The first-order valence-corrected chi connectivity index (χ1v) is 7.10. The van der Waals surface area contributed by atoms with Gasteiger partial charge in [-0.3, -0.25) is 9.48 Å². The van der Waals surface area contributed by atoms with Crippen LogP contribution in [0.3, 0.4) is 0 Å². The van der Waals surface area contributed by atoms with Crippen molar-refractivity contribution in [2.45, 2.75) is 32.3 Å². The van der Waals surface area contributed by atoms with Crippen LogP contribution >= 0.6 is 0 Å². The summed E-state index contributed by atoms with van der Waals surface area (Å²) in [5.74, 6) is 0.385. The van der Waals surface area contributed by atoms with E-state index in [1.807, 2.05) is 31.7 Å². The van der Waals surface area contributed by atoms with Gasteiger partial charge < -0.3 is 10.0 Å².